The number of rotatable bonds is 4. The van der Waals surface area contributed by atoms with Crippen LogP contribution in [0.15, 0.2) is 148 Å². The van der Waals surface area contributed by atoms with E-state index in [0.29, 0.717) is 29.6 Å². The molecule has 0 saturated carbocycles. The number of hydrogen-bond donors (Lipinski definition) is 0. The lowest BCUT2D eigenvalue weighted by molar-refractivity contribution is 0.284. The minimum absolute atomic E-state index is 0.206. The summed E-state index contributed by atoms with van der Waals surface area (Å²) in [5, 5.41) is 1.23. The van der Waals surface area contributed by atoms with Crippen molar-refractivity contribution in [2.24, 2.45) is 23.7 Å². The van der Waals surface area contributed by atoms with Crippen LogP contribution in [-0.2, 0) is 0 Å². The molecule has 2 bridgehead atoms. The maximum atomic E-state index is 6.71. The van der Waals surface area contributed by atoms with Gasteiger partial charge in [-0.05, 0) is 135 Å². The summed E-state index contributed by atoms with van der Waals surface area (Å²) in [5.41, 5.74) is 12.7. The number of furan rings is 1. The van der Waals surface area contributed by atoms with E-state index >= 15 is 0 Å². The lowest BCUT2D eigenvalue weighted by Crippen LogP contribution is -2.42. The molecule has 3 aromatic rings. The monoisotopic (exact) mass is 643 g/mol. The molecule has 6 aliphatic carbocycles. The molecule has 0 radical (unpaired) electrons. The molecule has 2 aromatic carbocycles. The minimum atomic E-state index is 0.206. The van der Waals surface area contributed by atoms with Crippen LogP contribution in [0.3, 0.4) is 0 Å². The van der Waals surface area contributed by atoms with E-state index in [9.17, 15) is 0 Å². The Morgan fingerprint density at radius 3 is 2.57 bits per heavy atom. The van der Waals surface area contributed by atoms with Crippen LogP contribution in [0.4, 0.5) is 5.69 Å². The first kappa shape index (κ1) is 30.7. The van der Waals surface area contributed by atoms with Gasteiger partial charge in [0.1, 0.15) is 5.76 Å². The van der Waals surface area contributed by atoms with E-state index in [2.05, 4.69) is 134 Å². The second-order valence-electron chi connectivity index (χ2n) is 15.3. The number of benzene rings is 2. The fourth-order valence-corrected chi connectivity index (χ4v) is 10.2. The lowest BCUT2D eigenvalue weighted by atomic mass is 9.67. The van der Waals surface area contributed by atoms with Gasteiger partial charge in [0.15, 0.2) is 5.58 Å². The predicted molar refractivity (Wildman–Crippen MR) is 204 cm³/mol. The van der Waals surface area contributed by atoms with Gasteiger partial charge in [-0.25, -0.2) is 0 Å². The van der Waals surface area contributed by atoms with Gasteiger partial charge in [0.25, 0.3) is 0 Å². The summed E-state index contributed by atoms with van der Waals surface area (Å²) in [6.45, 7) is 4.33. The fourth-order valence-electron chi connectivity index (χ4n) is 10.2. The average molecular weight is 644 g/mol. The van der Waals surface area contributed by atoms with Crippen molar-refractivity contribution in [3.05, 3.63) is 160 Å². The smallest absolute Gasteiger partial charge is 0.158 e. The maximum absolute atomic E-state index is 6.71. The van der Waals surface area contributed by atoms with Crippen LogP contribution in [0.5, 0.6) is 0 Å². The van der Waals surface area contributed by atoms with Gasteiger partial charge in [0.05, 0.1) is 11.7 Å². The summed E-state index contributed by atoms with van der Waals surface area (Å²) in [7, 11) is 0. The Bertz CT molecular complexity index is 2000. The number of fused-ring (bicyclic) bond motifs is 8. The van der Waals surface area contributed by atoms with Crippen molar-refractivity contribution in [1.82, 2.24) is 0 Å². The van der Waals surface area contributed by atoms with Gasteiger partial charge in [-0.15, -0.1) is 0 Å². The van der Waals surface area contributed by atoms with Crippen molar-refractivity contribution in [1.29, 1.82) is 0 Å². The molecule has 1 heterocycles. The zero-order valence-corrected chi connectivity index (χ0v) is 29.2. The SMILES string of the molecule is Cc1oc2c(N(C3=CC=CC(c4ccccc4)C3)C3CC=CC4=C3C3CCC=CC3C3C=CCCC(C3)C3=C4C=CCC3)cccc2c1C. The van der Waals surface area contributed by atoms with Gasteiger partial charge in [-0.2, -0.15) is 0 Å². The highest BCUT2D eigenvalue weighted by atomic mass is 16.3. The van der Waals surface area contributed by atoms with E-state index < -0.39 is 0 Å². The molecule has 6 unspecified atom stereocenters. The largest absolute Gasteiger partial charge is 0.459 e. The van der Waals surface area contributed by atoms with Crippen molar-refractivity contribution in [2.75, 3.05) is 4.90 Å². The Labute approximate surface area is 292 Å². The summed E-state index contributed by atoms with van der Waals surface area (Å²) in [4.78, 5) is 2.75. The number of nitrogens with zero attached hydrogens (tertiary/aromatic N) is 1. The number of aryl methyl sites for hydroxylation is 2. The Hall–Kier alpha value is -4.30. The van der Waals surface area contributed by atoms with Gasteiger partial charge in [-0.3, -0.25) is 0 Å². The van der Waals surface area contributed by atoms with Crippen molar-refractivity contribution in [3.8, 4) is 0 Å². The molecule has 0 amide bonds. The number of anilines is 1. The van der Waals surface area contributed by atoms with Crippen LogP contribution in [-0.4, -0.2) is 6.04 Å². The van der Waals surface area contributed by atoms with Crippen molar-refractivity contribution >= 4 is 16.7 Å². The standard InChI is InChI=1S/C47H49NO/c1-31-32(2)49-47-38(31)25-13-28-45(47)48(37-20-12-19-34(30-37)33-15-4-3-5-16-33)44-27-14-26-43-41-23-10-8-21-39(41)35-17-6-7-18-36(29-35)40-22-9-11-24-42(40)46(43)44/h3-5,7,9-10,12-16,18-20,22-23,25-26,28,34-36,40,42,44H,6,8,11,17,21,24,27,29-30H2,1-2H3. The van der Waals surface area contributed by atoms with E-state index in [-0.39, 0.29) is 6.04 Å². The maximum Gasteiger partial charge on any atom is 0.158 e. The Balaban J connectivity index is 1.27. The lowest BCUT2D eigenvalue weighted by Gasteiger charge is -2.45. The first-order valence-electron chi connectivity index (χ1n) is 19.0. The summed E-state index contributed by atoms with van der Waals surface area (Å²) in [6, 6.07) is 18.1. The van der Waals surface area contributed by atoms with Crippen molar-refractivity contribution < 1.29 is 4.42 Å². The van der Waals surface area contributed by atoms with E-state index in [1.54, 1.807) is 16.7 Å². The van der Waals surface area contributed by atoms with Gasteiger partial charge in [0, 0.05) is 17.0 Å². The predicted octanol–water partition coefficient (Wildman–Crippen LogP) is 12.3. The molecule has 0 spiro atoms. The highest BCUT2D eigenvalue weighted by Gasteiger charge is 2.42. The molecule has 0 aliphatic heterocycles. The summed E-state index contributed by atoms with van der Waals surface area (Å²) < 4.78 is 6.71. The topological polar surface area (TPSA) is 16.4 Å². The van der Waals surface area contributed by atoms with Crippen LogP contribution < -0.4 is 4.90 Å². The summed E-state index contributed by atoms with van der Waals surface area (Å²) in [5.74, 6) is 3.62. The first-order chi connectivity index (χ1) is 24.2. The van der Waals surface area contributed by atoms with E-state index in [4.69, 9.17) is 4.42 Å². The zero-order valence-electron chi connectivity index (χ0n) is 29.2. The molecular formula is C47H49NO. The Morgan fingerprint density at radius 1 is 0.796 bits per heavy atom. The second kappa shape index (κ2) is 12.9. The van der Waals surface area contributed by atoms with E-state index in [0.717, 1.165) is 30.6 Å². The van der Waals surface area contributed by atoms with Crippen LogP contribution in [0, 0.1) is 37.5 Å². The second-order valence-corrected chi connectivity index (χ2v) is 15.3. The zero-order chi connectivity index (χ0) is 32.9. The molecule has 49 heavy (non-hydrogen) atoms. The third kappa shape index (κ3) is 5.39. The molecule has 2 heteroatoms. The number of hydrogen-bond acceptors (Lipinski definition) is 2. The third-order valence-corrected chi connectivity index (χ3v) is 12.6. The average Bonchev–Trinajstić information content (AvgIpc) is 3.29. The molecular weight excluding hydrogens is 595 g/mol. The van der Waals surface area contributed by atoms with Crippen molar-refractivity contribution in [3.63, 3.8) is 0 Å². The number of para-hydroxylation sites is 1. The Kier molecular flexibility index (Phi) is 8.07. The van der Waals surface area contributed by atoms with Gasteiger partial charge in [-0.1, -0.05) is 109 Å². The fraction of sp³-hybridized carbons (Fsp3) is 0.362. The first-order valence-corrected chi connectivity index (χ1v) is 19.0. The van der Waals surface area contributed by atoms with Crippen LogP contribution >= 0.6 is 0 Å². The van der Waals surface area contributed by atoms with E-state index in [1.807, 2.05) is 0 Å². The summed E-state index contributed by atoms with van der Waals surface area (Å²) >= 11 is 0. The highest BCUT2D eigenvalue weighted by molar-refractivity contribution is 5.93. The van der Waals surface area contributed by atoms with Crippen molar-refractivity contribution in [2.45, 2.75) is 83.6 Å². The van der Waals surface area contributed by atoms with Crippen LogP contribution in [0.25, 0.3) is 11.0 Å². The minimum Gasteiger partial charge on any atom is -0.459 e. The van der Waals surface area contributed by atoms with Crippen LogP contribution in [0.1, 0.15) is 80.6 Å². The molecule has 6 atom stereocenters. The molecule has 1 aromatic heterocycles. The molecule has 0 N–H and O–H groups in total. The number of allylic oxidation sites excluding steroid dienone is 14. The molecule has 0 fully saturated rings. The quantitative estimate of drug-likeness (QED) is 0.263. The molecule has 6 aliphatic rings. The van der Waals surface area contributed by atoms with Gasteiger partial charge in [0.2, 0.25) is 0 Å². The molecule has 248 valence electrons. The van der Waals surface area contributed by atoms with E-state index in [1.165, 1.54) is 72.0 Å². The van der Waals surface area contributed by atoms with Gasteiger partial charge >= 0.3 is 0 Å². The Morgan fingerprint density at radius 2 is 1.65 bits per heavy atom. The molecule has 2 nitrogen and oxygen atoms in total. The molecule has 0 saturated heterocycles. The molecule has 9 rings (SSSR count). The highest BCUT2D eigenvalue weighted by Crippen LogP contribution is 2.52. The third-order valence-electron chi connectivity index (χ3n) is 12.6. The van der Waals surface area contributed by atoms with Gasteiger partial charge < -0.3 is 9.32 Å². The summed E-state index contributed by atoms with van der Waals surface area (Å²) in [6.07, 6.45) is 37.9. The van der Waals surface area contributed by atoms with Crippen LogP contribution in [0.2, 0.25) is 0 Å². The normalized spacial score (nSPS) is 29.1.